The van der Waals surface area contributed by atoms with Crippen LogP contribution in [0.4, 0.5) is 4.79 Å². The molecule has 1 fully saturated rings. The van der Waals surface area contributed by atoms with Gasteiger partial charge in [0.25, 0.3) is 0 Å². The van der Waals surface area contributed by atoms with E-state index in [9.17, 15) is 4.79 Å². The van der Waals surface area contributed by atoms with E-state index < -0.39 is 0 Å². The third kappa shape index (κ3) is 8.93. The zero-order valence-corrected chi connectivity index (χ0v) is 18.0. The fourth-order valence-corrected chi connectivity index (χ4v) is 3.99. The van der Waals surface area contributed by atoms with Crippen molar-refractivity contribution < 1.29 is 9.53 Å². The van der Waals surface area contributed by atoms with Crippen molar-refractivity contribution in [3.8, 4) is 5.75 Å². The molecule has 1 saturated carbocycles. The van der Waals surface area contributed by atoms with Gasteiger partial charge in [-0.05, 0) is 69.0 Å². The van der Waals surface area contributed by atoms with E-state index >= 15 is 0 Å². The number of hydrogen-bond acceptors (Lipinski definition) is 3. The van der Waals surface area contributed by atoms with Crippen LogP contribution in [0.3, 0.4) is 0 Å². The molecule has 1 aliphatic carbocycles. The highest BCUT2D eigenvalue weighted by Crippen LogP contribution is 2.31. The Labute approximate surface area is 172 Å². The van der Waals surface area contributed by atoms with E-state index in [1.165, 1.54) is 44.9 Å². The molecule has 27 heavy (non-hydrogen) atoms. The number of nitrogens with one attached hydrogen (secondary N) is 1. The minimum Gasteiger partial charge on any atom is -0.410 e. The van der Waals surface area contributed by atoms with Gasteiger partial charge >= 0.3 is 6.09 Å². The molecule has 1 aliphatic rings. The molecule has 1 aromatic carbocycles. The van der Waals surface area contributed by atoms with Crippen LogP contribution in [0.2, 0.25) is 0 Å². The predicted octanol–water partition coefficient (Wildman–Crippen LogP) is 5.63. The summed E-state index contributed by atoms with van der Waals surface area (Å²) in [6.07, 6.45) is 10.5. The molecule has 0 radical (unpaired) electrons. The van der Waals surface area contributed by atoms with Crippen molar-refractivity contribution in [1.82, 2.24) is 10.2 Å². The molecule has 0 aromatic heterocycles. The highest BCUT2D eigenvalue weighted by molar-refractivity contribution is 9.10. The lowest BCUT2D eigenvalue weighted by Gasteiger charge is -2.28. The Kier molecular flexibility index (Phi) is 9.92. The highest BCUT2D eigenvalue weighted by Gasteiger charge is 2.21. The highest BCUT2D eigenvalue weighted by atomic mass is 79.9. The molecule has 0 atom stereocenters. The van der Waals surface area contributed by atoms with Gasteiger partial charge in [0.15, 0.2) is 0 Å². The molecule has 0 heterocycles. The molecule has 0 spiro atoms. The summed E-state index contributed by atoms with van der Waals surface area (Å²) in [5.74, 6) is 2.01. The first-order valence-electron chi connectivity index (χ1n) is 10.1. The van der Waals surface area contributed by atoms with Crippen molar-refractivity contribution in [3.05, 3.63) is 41.4 Å². The summed E-state index contributed by atoms with van der Waals surface area (Å²) >= 11 is 3.37. The Morgan fingerprint density at radius 3 is 2.56 bits per heavy atom. The number of hydrogen-bond donors (Lipinski definition) is 1. The number of nitrogens with zero attached hydrogens (tertiary/aromatic N) is 1. The molecule has 0 aliphatic heterocycles. The van der Waals surface area contributed by atoms with Crippen LogP contribution in [0.1, 0.15) is 44.9 Å². The molecule has 1 aromatic rings. The van der Waals surface area contributed by atoms with Gasteiger partial charge in [-0.1, -0.05) is 47.7 Å². The van der Waals surface area contributed by atoms with Gasteiger partial charge in [-0.15, -0.1) is 6.58 Å². The monoisotopic (exact) mass is 436 g/mol. The predicted molar refractivity (Wildman–Crippen MR) is 115 cm³/mol. The smallest absolute Gasteiger partial charge is 0.410 e. The lowest BCUT2D eigenvalue weighted by atomic mass is 9.80. The summed E-state index contributed by atoms with van der Waals surface area (Å²) in [5.41, 5.74) is 0. The lowest BCUT2D eigenvalue weighted by molar-refractivity contribution is 0.192. The minimum absolute atomic E-state index is 0.358. The fraction of sp³-hybridized carbons (Fsp3) is 0.591. The van der Waals surface area contributed by atoms with Gasteiger partial charge in [0.2, 0.25) is 0 Å². The average molecular weight is 437 g/mol. The van der Waals surface area contributed by atoms with E-state index in [-0.39, 0.29) is 6.09 Å². The topological polar surface area (TPSA) is 41.6 Å². The second kappa shape index (κ2) is 12.2. The fourth-order valence-electron chi connectivity index (χ4n) is 3.72. The van der Waals surface area contributed by atoms with E-state index in [1.807, 2.05) is 18.2 Å². The maximum Gasteiger partial charge on any atom is 0.412 e. The average Bonchev–Trinajstić information content (AvgIpc) is 2.66. The van der Waals surface area contributed by atoms with Crippen LogP contribution in [-0.2, 0) is 0 Å². The van der Waals surface area contributed by atoms with Crippen LogP contribution in [0.5, 0.6) is 5.75 Å². The molecule has 150 valence electrons. The van der Waals surface area contributed by atoms with E-state index in [0.717, 1.165) is 23.5 Å². The summed E-state index contributed by atoms with van der Waals surface area (Å²) in [5, 5.41) is 2.92. The third-order valence-corrected chi connectivity index (χ3v) is 5.90. The van der Waals surface area contributed by atoms with Gasteiger partial charge in [0.05, 0.1) is 0 Å². The van der Waals surface area contributed by atoms with Crippen molar-refractivity contribution in [2.45, 2.75) is 44.9 Å². The van der Waals surface area contributed by atoms with Crippen LogP contribution in [0.15, 0.2) is 41.4 Å². The number of ether oxygens (including phenoxy) is 1. The number of unbranched alkanes of at least 4 members (excludes halogenated alkanes) is 1. The zero-order chi connectivity index (χ0) is 19.5. The minimum atomic E-state index is -0.358. The van der Waals surface area contributed by atoms with E-state index in [0.29, 0.717) is 18.2 Å². The van der Waals surface area contributed by atoms with Crippen molar-refractivity contribution in [3.63, 3.8) is 0 Å². The van der Waals surface area contributed by atoms with Crippen molar-refractivity contribution in [2.24, 2.45) is 11.8 Å². The Morgan fingerprint density at radius 1 is 1.22 bits per heavy atom. The molecular formula is C22H33BrN2O2. The second-order valence-corrected chi connectivity index (χ2v) is 8.57. The molecular weight excluding hydrogens is 404 g/mol. The van der Waals surface area contributed by atoms with E-state index in [4.69, 9.17) is 4.74 Å². The molecule has 5 heteroatoms. The van der Waals surface area contributed by atoms with E-state index in [2.05, 4.69) is 39.8 Å². The maximum atomic E-state index is 11.9. The Morgan fingerprint density at radius 2 is 1.89 bits per heavy atom. The normalized spacial score (nSPS) is 19.7. The van der Waals surface area contributed by atoms with Gasteiger partial charge in [0, 0.05) is 17.6 Å². The number of benzene rings is 1. The number of rotatable bonds is 10. The molecule has 4 nitrogen and oxygen atoms in total. The van der Waals surface area contributed by atoms with Gasteiger partial charge in [-0.2, -0.15) is 0 Å². The van der Waals surface area contributed by atoms with Gasteiger partial charge in [0.1, 0.15) is 5.75 Å². The summed E-state index contributed by atoms with van der Waals surface area (Å²) in [6.45, 7) is 6.63. The second-order valence-electron chi connectivity index (χ2n) is 7.66. The number of amides is 1. The molecule has 0 unspecified atom stereocenters. The first-order chi connectivity index (χ1) is 13.1. The maximum absolute atomic E-state index is 11.9. The van der Waals surface area contributed by atoms with Crippen molar-refractivity contribution in [2.75, 3.05) is 26.7 Å². The molecule has 0 bridgehead atoms. The van der Waals surface area contributed by atoms with Gasteiger partial charge in [-0.3, -0.25) is 0 Å². The van der Waals surface area contributed by atoms with Gasteiger partial charge in [-0.25, -0.2) is 4.79 Å². The summed E-state index contributed by atoms with van der Waals surface area (Å²) < 4.78 is 6.27. The van der Waals surface area contributed by atoms with Crippen LogP contribution < -0.4 is 10.1 Å². The van der Waals surface area contributed by atoms with Gasteiger partial charge < -0.3 is 15.0 Å². The van der Waals surface area contributed by atoms with Crippen LogP contribution >= 0.6 is 15.9 Å². The first kappa shape index (κ1) is 22.0. The van der Waals surface area contributed by atoms with Crippen LogP contribution in [-0.4, -0.2) is 37.7 Å². The summed E-state index contributed by atoms with van der Waals surface area (Å²) in [4.78, 5) is 14.2. The van der Waals surface area contributed by atoms with Crippen LogP contribution in [0, 0.1) is 11.8 Å². The van der Waals surface area contributed by atoms with Crippen molar-refractivity contribution in [1.29, 1.82) is 0 Å². The Bertz CT molecular complexity index is 568. The number of halogens is 1. The van der Waals surface area contributed by atoms with Crippen LogP contribution in [0.25, 0.3) is 0 Å². The molecule has 1 amide bonds. The number of likely N-dealkylation sites (N-methyl/N-ethyl adjacent to an activating group) is 1. The zero-order valence-electron chi connectivity index (χ0n) is 16.5. The summed E-state index contributed by atoms with van der Waals surface area (Å²) in [7, 11) is 2.15. The van der Waals surface area contributed by atoms with E-state index in [1.54, 1.807) is 12.1 Å². The standard InChI is InChI=1S/C22H33BrN2O2/c1-3-15-25(2)16-5-4-6-18-7-9-19(10-8-18)17-24-22(26)27-21-13-11-20(23)12-14-21/h3,11-14,18-19H,1,4-10,15-17H2,2H3,(H,24,26). The first-order valence-corrected chi connectivity index (χ1v) is 10.9. The lowest BCUT2D eigenvalue weighted by Crippen LogP contribution is -2.33. The quantitative estimate of drug-likeness (QED) is 0.381. The third-order valence-electron chi connectivity index (χ3n) is 5.37. The molecule has 2 rings (SSSR count). The number of carbonyl (C=O) groups is 1. The van der Waals surface area contributed by atoms with Crippen molar-refractivity contribution >= 4 is 22.0 Å². The SMILES string of the molecule is C=CCN(C)CCCCC1CCC(CNC(=O)Oc2ccc(Br)cc2)CC1. The number of carbonyl (C=O) groups excluding carboxylic acids is 1. The Hall–Kier alpha value is -1.33. The largest absolute Gasteiger partial charge is 0.412 e. The Balaban J connectivity index is 1.54. The molecule has 0 saturated heterocycles. The summed E-state index contributed by atoms with van der Waals surface area (Å²) in [6, 6.07) is 7.29. The molecule has 1 N–H and O–H groups in total.